The summed E-state index contributed by atoms with van der Waals surface area (Å²) in [6.07, 6.45) is 2.50. The van der Waals surface area contributed by atoms with Crippen LogP contribution in [0.1, 0.15) is 12.2 Å². The molecule has 1 atom stereocenters. The molecule has 2 rings (SSSR count). The first-order valence-corrected chi connectivity index (χ1v) is 5.96. The van der Waals surface area contributed by atoms with E-state index in [-0.39, 0.29) is 11.9 Å². The molecule has 0 saturated carbocycles. The Labute approximate surface area is 105 Å². The second kappa shape index (κ2) is 5.06. The van der Waals surface area contributed by atoms with Crippen molar-refractivity contribution in [3.8, 4) is 0 Å². The van der Waals surface area contributed by atoms with Crippen LogP contribution < -0.4 is 0 Å². The lowest BCUT2D eigenvalue weighted by Gasteiger charge is -2.15. The first-order valence-electron chi connectivity index (χ1n) is 5.58. The largest absolute Gasteiger partial charge is 0.469 e. The summed E-state index contributed by atoms with van der Waals surface area (Å²) in [5.41, 5.74) is 0. The number of ether oxygens (including phenoxy) is 1. The van der Waals surface area contributed by atoms with E-state index in [2.05, 4.69) is 9.88 Å². The summed E-state index contributed by atoms with van der Waals surface area (Å²) in [7, 11) is 3.32. The summed E-state index contributed by atoms with van der Waals surface area (Å²) in [4.78, 5) is 17.8. The molecule has 0 N–H and O–H groups in total. The number of nitrogens with zero attached hydrogens (tertiary/aromatic N) is 3. The van der Waals surface area contributed by atoms with Crippen molar-refractivity contribution in [3.05, 3.63) is 17.2 Å². The van der Waals surface area contributed by atoms with Gasteiger partial charge < -0.3 is 9.30 Å². The molecule has 0 amide bonds. The Morgan fingerprint density at radius 1 is 1.71 bits per heavy atom. The number of hydrogen-bond acceptors (Lipinski definition) is 4. The monoisotopic (exact) mass is 257 g/mol. The van der Waals surface area contributed by atoms with Crippen LogP contribution in [-0.2, 0) is 23.1 Å². The van der Waals surface area contributed by atoms with Crippen molar-refractivity contribution in [2.45, 2.75) is 13.0 Å². The van der Waals surface area contributed by atoms with Gasteiger partial charge in [-0.2, -0.15) is 0 Å². The van der Waals surface area contributed by atoms with Crippen LogP contribution in [0.2, 0.25) is 5.15 Å². The van der Waals surface area contributed by atoms with Gasteiger partial charge in [0.2, 0.25) is 0 Å². The summed E-state index contributed by atoms with van der Waals surface area (Å²) in [5.74, 6) is 0.793. The number of imidazole rings is 1. The lowest BCUT2D eigenvalue weighted by Crippen LogP contribution is -2.24. The van der Waals surface area contributed by atoms with E-state index >= 15 is 0 Å². The van der Waals surface area contributed by atoms with Gasteiger partial charge in [0.05, 0.1) is 25.8 Å². The minimum Gasteiger partial charge on any atom is -0.469 e. The number of carbonyl (C=O) groups is 1. The lowest BCUT2D eigenvalue weighted by molar-refractivity contribution is -0.144. The Bertz CT molecular complexity index is 419. The van der Waals surface area contributed by atoms with Gasteiger partial charge >= 0.3 is 5.97 Å². The van der Waals surface area contributed by atoms with E-state index in [0.717, 1.165) is 31.9 Å². The van der Waals surface area contributed by atoms with E-state index in [0.29, 0.717) is 5.15 Å². The van der Waals surface area contributed by atoms with Gasteiger partial charge in [-0.1, -0.05) is 11.6 Å². The van der Waals surface area contributed by atoms with E-state index in [9.17, 15) is 4.79 Å². The topological polar surface area (TPSA) is 47.4 Å². The third-order valence-electron chi connectivity index (χ3n) is 3.20. The smallest absolute Gasteiger partial charge is 0.310 e. The average molecular weight is 258 g/mol. The van der Waals surface area contributed by atoms with E-state index in [1.54, 1.807) is 6.20 Å². The van der Waals surface area contributed by atoms with Crippen molar-refractivity contribution >= 4 is 17.6 Å². The second-order valence-corrected chi connectivity index (χ2v) is 4.69. The summed E-state index contributed by atoms with van der Waals surface area (Å²) >= 11 is 5.92. The Morgan fingerprint density at radius 2 is 2.47 bits per heavy atom. The van der Waals surface area contributed by atoms with Crippen LogP contribution >= 0.6 is 11.6 Å². The van der Waals surface area contributed by atoms with Crippen molar-refractivity contribution in [3.63, 3.8) is 0 Å². The molecule has 1 aliphatic rings. The molecule has 94 valence electrons. The predicted octanol–water partition coefficient (Wildman–Crippen LogP) is 1.07. The van der Waals surface area contributed by atoms with E-state index < -0.39 is 0 Å². The van der Waals surface area contributed by atoms with Gasteiger partial charge in [0.25, 0.3) is 0 Å². The molecule has 6 heteroatoms. The van der Waals surface area contributed by atoms with Crippen molar-refractivity contribution in [2.75, 3.05) is 20.2 Å². The number of esters is 1. The third-order valence-corrected chi connectivity index (χ3v) is 3.55. The van der Waals surface area contributed by atoms with Crippen molar-refractivity contribution in [1.29, 1.82) is 0 Å². The van der Waals surface area contributed by atoms with Gasteiger partial charge in [-0.3, -0.25) is 9.69 Å². The van der Waals surface area contributed by atoms with Crippen molar-refractivity contribution in [1.82, 2.24) is 14.5 Å². The molecule has 1 aromatic rings. The van der Waals surface area contributed by atoms with Gasteiger partial charge in [-0.15, -0.1) is 0 Å². The van der Waals surface area contributed by atoms with Gasteiger partial charge in [-0.05, 0) is 13.0 Å². The highest BCUT2D eigenvalue weighted by atomic mass is 35.5. The third kappa shape index (κ3) is 2.61. The summed E-state index contributed by atoms with van der Waals surface area (Å²) in [5, 5.41) is 0.628. The first kappa shape index (κ1) is 12.4. The first-order chi connectivity index (χ1) is 8.11. The number of rotatable bonds is 3. The Hall–Kier alpha value is -1.07. The van der Waals surface area contributed by atoms with Gasteiger partial charge in [0.15, 0.2) is 0 Å². The van der Waals surface area contributed by atoms with E-state index in [1.807, 2.05) is 11.6 Å². The Kier molecular flexibility index (Phi) is 3.69. The van der Waals surface area contributed by atoms with Crippen molar-refractivity contribution in [2.24, 2.45) is 13.0 Å². The minimum atomic E-state index is -0.120. The molecule has 1 saturated heterocycles. The standard InChI is InChI=1S/C11H16ClN3O2/c1-14-9(12)5-13-10(14)7-15-4-3-8(6-15)11(16)17-2/h5,8H,3-4,6-7H2,1-2H3. The molecule has 0 spiro atoms. The van der Waals surface area contributed by atoms with Crippen LogP contribution in [0, 0.1) is 5.92 Å². The maximum atomic E-state index is 11.4. The zero-order valence-electron chi connectivity index (χ0n) is 10.0. The molecule has 0 aliphatic carbocycles. The van der Waals surface area contributed by atoms with Crippen LogP contribution in [0.4, 0.5) is 0 Å². The maximum Gasteiger partial charge on any atom is 0.310 e. The molecular weight excluding hydrogens is 242 g/mol. The quantitative estimate of drug-likeness (QED) is 0.760. The Balaban J connectivity index is 1.94. The molecule has 17 heavy (non-hydrogen) atoms. The summed E-state index contributed by atoms with van der Waals surface area (Å²) < 4.78 is 6.61. The molecule has 2 heterocycles. The Morgan fingerprint density at radius 3 is 3.06 bits per heavy atom. The molecule has 0 bridgehead atoms. The average Bonchev–Trinajstić information content (AvgIpc) is 2.91. The molecular formula is C11H16ClN3O2. The minimum absolute atomic E-state index is 0.00394. The fraction of sp³-hybridized carbons (Fsp3) is 0.636. The summed E-state index contributed by atoms with van der Waals surface area (Å²) in [6, 6.07) is 0. The number of halogens is 1. The van der Waals surface area contributed by atoms with Gasteiger partial charge in [0, 0.05) is 13.6 Å². The maximum absolute atomic E-state index is 11.4. The van der Waals surface area contributed by atoms with Crippen molar-refractivity contribution < 1.29 is 9.53 Å². The highest BCUT2D eigenvalue weighted by Crippen LogP contribution is 2.20. The highest BCUT2D eigenvalue weighted by molar-refractivity contribution is 6.29. The molecule has 1 aromatic heterocycles. The molecule has 0 radical (unpaired) electrons. The number of hydrogen-bond donors (Lipinski definition) is 0. The zero-order valence-corrected chi connectivity index (χ0v) is 10.8. The molecule has 5 nitrogen and oxygen atoms in total. The molecule has 0 aromatic carbocycles. The second-order valence-electron chi connectivity index (χ2n) is 4.30. The highest BCUT2D eigenvalue weighted by Gasteiger charge is 2.29. The SMILES string of the molecule is COC(=O)C1CCN(Cc2ncc(Cl)n2C)C1. The number of carbonyl (C=O) groups excluding carboxylic acids is 1. The van der Waals surface area contributed by atoms with Gasteiger partial charge in [0.1, 0.15) is 11.0 Å². The van der Waals surface area contributed by atoms with Crippen LogP contribution in [0.3, 0.4) is 0 Å². The predicted molar refractivity (Wildman–Crippen MR) is 63.6 cm³/mol. The number of methoxy groups -OCH3 is 1. The zero-order chi connectivity index (χ0) is 12.4. The lowest BCUT2D eigenvalue weighted by atomic mass is 10.1. The van der Waals surface area contributed by atoms with Gasteiger partial charge in [-0.25, -0.2) is 4.98 Å². The van der Waals surface area contributed by atoms with E-state index in [4.69, 9.17) is 16.3 Å². The molecule has 1 fully saturated rings. The fourth-order valence-electron chi connectivity index (χ4n) is 2.11. The van der Waals surface area contributed by atoms with Crippen LogP contribution in [0.25, 0.3) is 0 Å². The van der Waals surface area contributed by atoms with Crippen LogP contribution in [0.5, 0.6) is 0 Å². The number of likely N-dealkylation sites (tertiary alicyclic amines) is 1. The summed E-state index contributed by atoms with van der Waals surface area (Å²) in [6.45, 7) is 2.35. The molecule has 1 unspecified atom stereocenters. The number of aromatic nitrogens is 2. The van der Waals surface area contributed by atoms with Crippen LogP contribution in [-0.4, -0.2) is 40.6 Å². The normalized spacial score (nSPS) is 20.8. The fourth-order valence-corrected chi connectivity index (χ4v) is 2.25. The van der Waals surface area contributed by atoms with E-state index in [1.165, 1.54) is 7.11 Å². The van der Waals surface area contributed by atoms with Crippen LogP contribution in [0.15, 0.2) is 6.20 Å². The molecule has 1 aliphatic heterocycles.